The maximum atomic E-state index is 10.7. The molecule has 3 heteroatoms. The Balaban J connectivity index is 3.28. The third-order valence-corrected chi connectivity index (χ3v) is 2.20. The molecule has 78 valence electrons. The van der Waals surface area contributed by atoms with Crippen LogP contribution in [0.25, 0.3) is 0 Å². The van der Waals surface area contributed by atoms with Gasteiger partial charge in [-0.05, 0) is 25.8 Å². The second kappa shape index (κ2) is 8.05. The van der Waals surface area contributed by atoms with Crippen molar-refractivity contribution in [3.8, 4) is 0 Å². The summed E-state index contributed by atoms with van der Waals surface area (Å²) in [6.45, 7) is 5.24. The summed E-state index contributed by atoms with van der Waals surface area (Å²) >= 11 is 0. The summed E-state index contributed by atoms with van der Waals surface area (Å²) in [7, 11) is 1.43. The first-order valence-electron chi connectivity index (χ1n) is 5.04. The van der Waals surface area contributed by atoms with Gasteiger partial charge >= 0.3 is 5.97 Å². The molecular weight excluding hydrogens is 166 g/mol. The molecule has 0 bridgehead atoms. The monoisotopic (exact) mass is 187 g/mol. The molecule has 0 saturated carbocycles. The minimum atomic E-state index is -0.119. The Kier molecular flexibility index (Phi) is 7.69. The van der Waals surface area contributed by atoms with Crippen molar-refractivity contribution in [2.24, 2.45) is 0 Å². The van der Waals surface area contributed by atoms with Gasteiger partial charge in [-0.2, -0.15) is 0 Å². The highest BCUT2D eigenvalue weighted by Gasteiger charge is 2.02. The van der Waals surface area contributed by atoms with Crippen molar-refractivity contribution in [1.82, 2.24) is 5.32 Å². The fraction of sp³-hybridized carbons (Fsp3) is 0.900. The summed E-state index contributed by atoms with van der Waals surface area (Å²) in [5, 5.41) is 3.39. The quantitative estimate of drug-likeness (QED) is 0.487. The molecular formula is C10H21NO2. The van der Waals surface area contributed by atoms with Gasteiger partial charge in [-0.15, -0.1) is 0 Å². The Labute approximate surface area is 80.8 Å². The molecule has 0 amide bonds. The first kappa shape index (κ1) is 12.4. The van der Waals surface area contributed by atoms with Crippen molar-refractivity contribution in [3.63, 3.8) is 0 Å². The van der Waals surface area contributed by atoms with Crippen LogP contribution >= 0.6 is 0 Å². The number of methoxy groups -OCH3 is 1. The summed E-state index contributed by atoms with van der Waals surface area (Å²) < 4.78 is 4.54. The molecule has 0 aromatic heterocycles. The van der Waals surface area contributed by atoms with Crippen LogP contribution in [0.15, 0.2) is 0 Å². The topological polar surface area (TPSA) is 38.3 Å². The molecule has 0 fully saturated rings. The minimum Gasteiger partial charge on any atom is -0.469 e. The van der Waals surface area contributed by atoms with E-state index < -0.39 is 0 Å². The van der Waals surface area contributed by atoms with Gasteiger partial charge in [0.05, 0.1) is 7.11 Å². The summed E-state index contributed by atoms with van der Waals surface area (Å²) in [5.74, 6) is -0.119. The average molecular weight is 187 g/mol. The number of esters is 1. The number of carbonyl (C=O) groups is 1. The van der Waals surface area contributed by atoms with Crippen LogP contribution < -0.4 is 5.32 Å². The van der Waals surface area contributed by atoms with Crippen molar-refractivity contribution in [1.29, 1.82) is 0 Å². The van der Waals surface area contributed by atoms with E-state index in [0.717, 1.165) is 25.8 Å². The lowest BCUT2D eigenvalue weighted by molar-refractivity contribution is -0.140. The lowest BCUT2D eigenvalue weighted by Crippen LogP contribution is -2.28. The van der Waals surface area contributed by atoms with Gasteiger partial charge in [0, 0.05) is 12.5 Å². The standard InChI is InChI=1S/C10H21NO2/c1-4-9(5-2)11-8-6-7-10(12)13-3/h9,11H,4-8H2,1-3H3. The second-order valence-corrected chi connectivity index (χ2v) is 3.15. The smallest absolute Gasteiger partial charge is 0.305 e. The van der Waals surface area contributed by atoms with E-state index in [1.807, 2.05) is 0 Å². The van der Waals surface area contributed by atoms with Crippen molar-refractivity contribution in [2.45, 2.75) is 45.6 Å². The fourth-order valence-corrected chi connectivity index (χ4v) is 1.22. The predicted molar refractivity (Wildman–Crippen MR) is 53.6 cm³/mol. The van der Waals surface area contributed by atoms with Crippen LogP contribution in [0.3, 0.4) is 0 Å². The molecule has 0 spiro atoms. The first-order chi connectivity index (χ1) is 6.24. The zero-order chi connectivity index (χ0) is 10.1. The highest BCUT2D eigenvalue weighted by Crippen LogP contribution is 1.97. The van der Waals surface area contributed by atoms with Gasteiger partial charge in [-0.3, -0.25) is 4.79 Å². The van der Waals surface area contributed by atoms with Gasteiger partial charge in [0.15, 0.2) is 0 Å². The number of hydrogen-bond acceptors (Lipinski definition) is 3. The SMILES string of the molecule is CCC(CC)NCCCC(=O)OC. The number of nitrogens with one attached hydrogen (secondary N) is 1. The maximum Gasteiger partial charge on any atom is 0.305 e. The summed E-state index contributed by atoms with van der Waals surface area (Å²) in [5.41, 5.74) is 0. The van der Waals surface area contributed by atoms with Crippen LogP contribution in [-0.4, -0.2) is 25.7 Å². The van der Waals surface area contributed by atoms with Crippen molar-refractivity contribution in [3.05, 3.63) is 0 Å². The molecule has 3 nitrogen and oxygen atoms in total. The second-order valence-electron chi connectivity index (χ2n) is 3.15. The third kappa shape index (κ3) is 6.58. The van der Waals surface area contributed by atoms with E-state index >= 15 is 0 Å². The highest BCUT2D eigenvalue weighted by atomic mass is 16.5. The molecule has 13 heavy (non-hydrogen) atoms. The molecule has 0 unspecified atom stereocenters. The zero-order valence-corrected chi connectivity index (χ0v) is 8.93. The summed E-state index contributed by atoms with van der Waals surface area (Å²) in [4.78, 5) is 10.7. The lowest BCUT2D eigenvalue weighted by Gasteiger charge is -2.13. The zero-order valence-electron chi connectivity index (χ0n) is 8.93. The van der Waals surface area contributed by atoms with Crippen molar-refractivity contribution >= 4 is 5.97 Å². The fourth-order valence-electron chi connectivity index (χ4n) is 1.22. The van der Waals surface area contributed by atoms with Gasteiger partial charge in [0.2, 0.25) is 0 Å². The van der Waals surface area contributed by atoms with E-state index in [2.05, 4.69) is 23.9 Å². The molecule has 0 heterocycles. The van der Waals surface area contributed by atoms with Gasteiger partial charge in [0.1, 0.15) is 0 Å². The van der Waals surface area contributed by atoms with Gasteiger partial charge in [-0.1, -0.05) is 13.8 Å². The molecule has 0 aromatic carbocycles. The molecule has 0 rings (SSSR count). The lowest BCUT2D eigenvalue weighted by atomic mass is 10.1. The number of ether oxygens (including phenoxy) is 1. The van der Waals surface area contributed by atoms with Crippen LogP contribution in [0.4, 0.5) is 0 Å². The van der Waals surface area contributed by atoms with E-state index in [1.54, 1.807) is 0 Å². The molecule has 0 aliphatic carbocycles. The maximum absolute atomic E-state index is 10.7. The molecule has 0 radical (unpaired) electrons. The molecule has 0 saturated heterocycles. The summed E-state index contributed by atoms with van der Waals surface area (Å²) in [6.07, 6.45) is 3.68. The Morgan fingerprint density at radius 3 is 2.46 bits per heavy atom. The van der Waals surface area contributed by atoms with E-state index in [0.29, 0.717) is 12.5 Å². The van der Waals surface area contributed by atoms with E-state index in [4.69, 9.17) is 0 Å². The van der Waals surface area contributed by atoms with Gasteiger partial charge in [-0.25, -0.2) is 0 Å². The van der Waals surface area contributed by atoms with E-state index in [9.17, 15) is 4.79 Å². The molecule has 0 aliphatic heterocycles. The Hall–Kier alpha value is -0.570. The highest BCUT2D eigenvalue weighted by molar-refractivity contribution is 5.69. The number of carbonyl (C=O) groups excluding carboxylic acids is 1. The van der Waals surface area contributed by atoms with Crippen LogP contribution in [0, 0.1) is 0 Å². The van der Waals surface area contributed by atoms with Gasteiger partial charge in [0.25, 0.3) is 0 Å². The van der Waals surface area contributed by atoms with Crippen LogP contribution in [0.1, 0.15) is 39.5 Å². The summed E-state index contributed by atoms with van der Waals surface area (Å²) in [6, 6.07) is 0.595. The number of hydrogen-bond donors (Lipinski definition) is 1. The van der Waals surface area contributed by atoms with Crippen LogP contribution in [-0.2, 0) is 9.53 Å². The number of rotatable bonds is 7. The predicted octanol–water partition coefficient (Wildman–Crippen LogP) is 1.72. The van der Waals surface area contributed by atoms with Crippen molar-refractivity contribution in [2.75, 3.05) is 13.7 Å². The van der Waals surface area contributed by atoms with E-state index in [-0.39, 0.29) is 5.97 Å². The first-order valence-corrected chi connectivity index (χ1v) is 5.04. The Bertz CT molecular complexity index is 133. The Morgan fingerprint density at radius 1 is 1.38 bits per heavy atom. The minimum absolute atomic E-state index is 0.119. The van der Waals surface area contributed by atoms with Crippen LogP contribution in [0.5, 0.6) is 0 Å². The molecule has 0 aliphatic rings. The molecule has 0 atom stereocenters. The van der Waals surface area contributed by atoms with Crippen LogP contribution in [0.2, 0.25) is 0 Å². The largest absolute Gasteiger partial charge is 0.469 e. The van der Waals surface area contributed by atoms with E-state index in [1.165, 1.54) is 7.11 Å². The third-order valence-electron chi connectivity index (χ3n) is 2.20. The van der Waals surface area contributed by atoms with Gasteiger partial charge < -0.3 is 10.1 Å². The molecule has 0 aromatic rings. The average Bonchev–Trinajstić information content (AvgIpc) is 2.18. The van der Waals surface area contributed by atoms with Crippen molar-refractivity contribution < 1.29 is 9.53 Å². The Morgan fingerprint density at radius 2 is 2.00 bits per heavy atom. The molecule has 1 N–H and O–H groups in total. The normalized spacial score (nSPS) is 10.5.